The number of methoxy groups -OCH3 is 1. The first-order valence-corrected chi connectivity index (χ1v) is 4.69. The summed E-state index contributed by atoms with van der Waals surface area (Å²) in [5, 5.41) is 0. The van der Waals surface area contributed by atoms with Crippen LogP contribution >= 0.6 is 0 Å². The van der Waals surface area contributed by atoms with Crippen LogP contribution in [0.5, 0.6) is 5.75 Å². The lowest BCUT2D eigenvalue weighted by atomic mass is 10.1. The first-order chi connectivity index (χ1) is 7.19. The van der Waals surface area contributed by atoms with Crippen LogP contribution in [0.1, 0.15) is 12.5 Å². The van der Waals surface area contributed by atoms with Gasteiger partial charge in [-0.2, -0.15) is 0 Å². The molecule has 0 saturated carbocycles. The number of hydrogen-bond acceptors (Lipinski definition) is 3. The molecule has 1 rings (SSSR count). The maximum Gasteiger partial charge on any atom is 0.337 e. The molecule has 0 bridgehead atoms. The normalized spacial score (nSPS) is 9.47. The summed E-state index contributed by atoms with van der Waals surface area (Å²) < 4.78 is 9.86. The fourth-order valence-electron chi connectivity index (χ4n) is 1.16. The van der Waals surface area contributed by atoms with Crippen molar-refractivity contribution in [3.8, 4) is 5.75 Å². The van der Waals surface area contributed by atoms with Gasteiger partial charge >= 0.3 is 5.97 Å². The monoisotopic (exact) mass is 206 g/mol. The molecule has 1 aromatic rings. The minimum Gasteiger partial charge on any atom is -0.494 e. The quantitative estimate of drug-likeness (QED) is 0.560. The lowest BCUT2D eigenvalue weighted by Crippen LogP contribution is -2.02. The molecule has 0 unspecified atom stereocenters. The van der Waals surface area contributed by atoms with Crippen molar-refractivity contribution in [2.24, 2.45) is 0 Å². The Morgan fingerprint density at radius 3 is 2.40 bits per heavy atom. The maximum absolute atomic E-state index is 11.2. The van der Waals surface area contributed by atoms with Crippen LogP contribution in [0.15, 0.2) is 30.8 Å². The second-order valence-electron chi connectivity index (χ2n) is 2.93. The van der Waals surface area contributed by atoms with Crippen LogP contribution in [-0.2, 0) is 9.53 Å². The van der Waals surface area contributed by atoms with Gasteiger partial charge in [0.2, 0.25) is 0 Å². The van der Waals surface area contributed by atoms with Crippen LogP contribution in [0.25, 0.3) is 5.57 Å². The molecule has 0 saturated heterocycles. The Bertz CT molecular complexity index is 352. The molecule has 0 aliphatic heterocycles. The van der Waals surface area contributed by atoms with Crippen LogP contribution in [0.3, 0.4) is 0 Å². The summed E-state index contributed by atoms with van der Waals surface area (Å²) in [5.74, 6) is 0.359. The molecule has 1 aromatic carbocycles. The van der Waals surface area contributed by atoms with E-state index in [9.17, 15) is 4.79 Å². The molecule has 0 spiro atoms. The Hall–Kier alpha value is -1.77. The number of benzene rings is 1. The van der Waals surface area contributed by atoms with Crippen molar-refractivity contribution in [3.05, 3.63) is 36.4 Å². The van der Waals surface area contributed by atoms with Gasteiger partial charge in [0.05, 0.1) is 19.3 Å². The third-order valence-corrected chi connectivity index (χ3v) is 1.95. The minimum atomic E-state index is -0.417. The first-order valence-electron chi connectivity index (χ1n) is 4.69. The van der Waals surface area contributed by atoms with Gasteiger partial charge in [-0.3, -0.25) is 0 Å². The van der Waals surface area contributed by atoms with Gasteiger partial charge in [-0.05, 0) is 24.6 Å². The van der Waals surface area contributed by atoms with Crippen molar-refractivity contribution >= 4 is 11.5 Å². The van der Waals surface area contributed by atoms with Crippen molar-refractivity contribution in [2.75, 3.05) is 13.7 Å². The van der Waals surface area contributed by atoms with Gasteiger partial charge in [0, 0.05) is 0 Å². The number of rotatable bonds is 4. The van der Waals surface area contributed by atoms with Gasteiger partial charge < -0.3 is 9.47 Å². The molecule has 0 aliphatic carbocycles. The van der Waals surface area contributed by atoms with Crippen molar-refractivity contribution in [1.82, 2.24) is 0 Å². The molecule has 0 radical (unpaired) electrons. The van der Waals surface area contributed by atoms with E-state index in [1.807, 2.05) is 6.92 Å². The molecule has 0 atom stereocenters. The summed E-state index contributed by atoms with van der Waals surface area (Å²) in [4.78, 5) is 11.2. The molecule has 0 aromatic heterocycles. The zero-order chi connectivity index (χ0) is 11.3. The van der Waals surface area contributed by atoms with Crippen molar-refractivity contribution in [1.29, 1.82) is 0 Å². The van der Waals surface area contributed by atoms with Crippen LogP contribution in [-0.4, -0.2) is 19.7 Å². The topological polar surface area (TPSA) is 35.5 Å². The molecule has 0 heterocycles. The summed E-state index contributed by atoms with van der Waals surface area (Å²) in [6.07, 6.45) is 0. The highest BCUT2D eigenvalue weighted by Gasteiger charge is 2.08. The van der Waals surface area contributed by atoms with Crippen molar-refractivity contribution < 1.29 is 14.3 Å². The van der Waals surface area contributed by atoms with Gasteiger partial charge in [0.1, 0.15) is 5.75 Å². The zero-order valence-corrected chi connectivity index (χ0v) is 8.95. The number of carbonyl (C=O) groups is 1. The van der Waals surface area contributed by atoms with E-state index < -0.39 is 5.97 Å². The minimum absolute atomic E-state index is 0.348. The maximum atomic E-state index is 11.2. The van der Waals surface area contributed by atoms with E-state index in [2.05, 4.69) is 11.3 Å². The third kappa shape index (κ3) is 2.84. The molecule has 15 heavy (non-hydrogen) atoms. The zero-order valence-electron chi connectivity index (χ0n) is 8.95. The largest absolute Gasteiger partial charge is 0.494 e. The molecule has 0 N–H and O–H groups in total. The molecular weight excluding hydrogens is 192 g/mol. The summed E-state index contributed by atoms with van der Waals surface area (Å²) in [5.41, 5.74) is 1.09. The Balaban J connectivity index is 2.80. The van der Waals surface area contributed by atoms with Gasteiger partial charge in [-0.15, -0.1) is 0 Å². The Morgan fingerprint density at radius 2 is 1.93 bits per heavy atom. The van der Waals surface area contributed by atoms with Gasteiger partial charge in [-0.1, -0.05) is 18.7 Å². The highest BCUT2D eigenvalue weighted by molar-refractivity contribution is 6.15. The van der Waals surface area contributed by atoms with Crippen molar-refractivity contribution in [2.45, 2.75) is 6.92 Å². The predicted octanol–water partition coefficient (Wildman–Crippen LogP) is 2.27. The van der Waals surface area contributed by atoms with Crippen molar-refractivity contribution in [3.63, 3.8) is 0 Å². The molecule has 0 aliphatic rings. The van der Waals surface area contributed by atoms with Gasteiger partial charge in [0.15, 0.2) is 0 Å². The Kier molecular flexibility index (Phi) is 3.92. The highest BCUT2D eigenvalue weighted by Crippen LogP contribution is 2.18. The number of ether oxygens (including phenoxy) is 2. The molecular formula is C12H14O3. The molecule has 0 fully saturated rings. The second kappa shape index (κ2) is 5.20. The van der Waals surface area contributed by atoms with Crippen LogP contribution in [0.4, 0.5) is 0 Å². The van der Waals surface area contributed by atoms with Gasteiger partial charge in [0.25, 0.3) is 0 Å². The Morgan fingerprint density at radius 1 is 1.33 bits per heavy atom. The first kappa shape index (κ1) is 11.3. The SMILES string of the molecule is C=C(C(=O)OC)c1ccc(OCC)cc1. The van der Waals surface area contributed by atoms with E-state index in [0.29, 0.717) is 12.2 Å². The highest BCUT2D eigenvalue weighted by atomic mass is 16.5. The van der Waals surface area contributed by atoms with E-state index in [4.69, 9.17) is 4.74 Å². The average Bonchev–Trinajstić information content (AvgIpc) is 2.28. The van der Waals surface area contributed by atoms with E-state index in [-0.39, 0.29) is 0 Å². The van der Waals surface area contributed by atoms with E-state index >= 15 is 0 Å². The Labute approximate surface area is 89.3 Å². The van der Waals surface area contributed by atoms with Crippen LogP contribution in [0, 0.1) is 0 Å². The predicted molar refractivity (Wildman–Crippen MR) is 58.7 cm³/mol. The smallest absolute Gasteiger partial charge is 0.337 e. The lowest BCUT2D eigenvalue weighted by molar-refractivity contribution is -0.133. The number of hydrogen-bond donors (Lipinski definition) is 0. The number of esters is 1. The molecule has 80 valence electrons. The van der Waals surface area contributed by atoms with E-state index in [1.165, 1.54) is 7.11 Å². The summed E-state index contributed by atoms with van der Waals surface area (Å²) in [6.45, 7) is 6.20. The second-order valence-corrected chi connectivity index (χ2v) is 2.93. The van der Waals surface area contributed by atoms with E-state index in [0.717, 1.165) is 11.3 Å². The van der Waals surface area contributed by atoms with Crippen LogP contribution < -0.4 is 4.74 Å². The third-order valence-electron chi connectivity index (χ3n) is 1.95. The lowest BCUT2D eigenvalue weighted by Gasteiger charge is -2.05. The standard InChI is InChI=1S/C12H14O3/c1-4-15-11-7-5-10(6-8-11)9(2)12(13)14-3/h5-8H,2,4H2,1,3H3. The van der Waals surface area contributed by atoms with Crippen LogP contribution in [0.2, 0.25) is 0 Å². The summed E-state index contributed by atoms with van der Waals surface area (Å²) >= 11 is 0. The fourth-order valence-corrected chi connectivity index (χ4v) is 1.16. The summed E-state index contributed by atoms with van der Waals surface area (Å²) in [6, 6.07) is 7.16. The average molecular weight is 206 g/mol. The molecule has 3 nitrogen and oxygen atoms in total. The molecule has 0 amide bonds. The number of carbonyl (C=O) groups excluding carboxylic acids is 1. The fraction of sp³-hybridized carbons (Fsp3) is 0.250. The van der Waals surface area contributed by atoms with E-state index in [1.54, 1.807) is 24.3 Å². The van der Waals surface area contributed by atoms with Gasteiger partial charge in [-0.25, -0.2) is 4.79 Å². The molecule has 3 heteroatoms. The summed E-state index contributed by atoms with van der Waals surface area (Å²) in [7, 11) is 1.34.